The highest BCUT2D eigenvalue weighted by atomic mass is 32.2. The van der Waals surface area contributed by atoms with E-state index in [0.717, 1.165) is 31.6 Å². The van der Waals surface area contributed by atoms with Crippen molar-refractivity contribution in [3.8, 4) is 0 Å². The molecule has 1 N–H and O–H groups in total. The Morgan fingerprint density at radius 1 is 1.53 bits per heavy atom. The zero-order valence-corrected chi connectivity index (χ0v) is 11.7. The Balaban J connectivity index is 2.20. The summed E-state index contributed by atoms with van der Waals surface area (Å²) in [6.07, 6.45) is 4.20. The largest absolute Gasteiger partial charge is 0.313 e. The Bertz CT molecular complexity index is 530. The molecular weight excluding hydrogens is 269 g/mol. The summed E-state index contributed by atoms with van der Waals surface area (Å²) in [6.45, 7) is 3.47. The van der Waals surface area contributed by atoms with Crippen LogP contribution in [0.15, 0.2) is 23.4 Å². The molecule has 1 unspecified atom stereocenters. The maximum Gasteiger partial charge on any atom is 0.244 e. The maximum atomic E-state index is 13.1. The molecule has 5 nitrogen and oxygen atoms in total. The second-order valence-corrected chi connectivity index (χ2v) is 6.53. The molecule has 1 aromatic rings. The van der Waals surface area contributed by atoms with Gasteiger partial charge in [-0.1, -0.05) is 6.92 Å². The summed E-state index contributed by atoms with van der Waals surface area (Å²) in [7, 11) is -3.67. The van der Waals surface area contributed by atoms with E-state index in [1.54, 1.807) is 6.92 Å². The van der Waals surface area contributed by atoms with Crippen LogP contribution in [0, 0.1) is 5.82 Å². The van der Waals surface area contributed by atoms with Gasteiger partial charge in [0.25, 0.3) is 0 Å². The SMILES string of the molecule is CCN(CC1CCCN1)S(=O)(=O)c1cncc(F)c1. The molecular formula is C12H18FN3O2S. The molecule has 2 rings (SSSR count). The molecule has 0 spiro atoms. The predicted octanol–water partition coefficient (Wildman–Crippen LogP) is 0.983. The Labute approximate surface area is 112 Å². The summed E-state index contributed by atoms with van der Waals surface area (Å²) < 4.78 is 39.3. The maximum absolute atomic E-state index is 13.1. The van der Waals surface area contributed by atoms with Crippen molar-refractivity contribution in [3.05, 3.63) is 24.3 Å². The fraction of sp³-hybridized carbons (Fsp3) is 0.583. The topological polar surface area (TPSA) is 62.3 Å². The van der Waals surface area contributed by atoms with Crippen molar-refractivity contribution in [3.63, 3.8) is 0 Å². The summed E-state index contributed by atoms with van der Waals surface area (Å²) in [6, 6.07) is 1.18. The molecule has 1 saturated heterocycles. The minimum atomic E-state index is -3.67. The third-order valence-electron chi connectivity index (χ3n) is 3.26. The van der Waals surface area contributed by atoms with Crippen LogP contribution in [-0.4, -0.2) is 43.4 Å². The van der Waals surface area contributed by atoms with Crippen molar-refractivity contribution < 1.29 is 12.8 Å². The number of rotatable bonds is 5. The Morgan fingerprint density at radius 2 is 2.32 bits per heavy atom. The summed E-state index contributed by atoms with van der Waals surface area (Å²) in [5.74, 6) is -0.642. The molecule has 0 radical (unpaired) electrons. The van der Waals surface area contributed by atoms with Gasteiger partial charge in [0.2, 0.25) is 10.0 Å². The van der Waals surface area contributed by atoms with E-state index in [1.165, 1.54) is 10.5 Å². The van der Waals surface area contributed by atoms with Crippen molar-refractivity contribution in [2.45, 2.75) is 30.7 Å². The van der Waals surface area contributed by atoms with Crippen LogP contribution in [0.25, 0.3) is 0 Å². The van der Waals surface area contributed by atoms with Crippen LogP contribution < -0.4 is 5.32 Å². The first-order chi connectivity index (χ1) is 9.04. The quantitative estimate of drug-likeness (QED) is 0.877. The molecule has 7 heteroatoms. The first-order valence-electron chi connectivity index (χ1n) is 6.38. The van der Waals surface area contributed by atoms with Gasteiger partial charge in [0.1, 0.15) is 10.7 Å². The van der Waals surface area contributed by atoms with E-state index >= 15 is 0 Å². The van der Waals surface area contributed by atoms with Crippen LogP contribution in [0.1, 0.15) is 19.8 Å². The van der Waals surface area contributed by atoms with Crippen LogP contribution in [0.4, 0.5) is 4.39 Å². The number of aromatic nitrogens is 1. The lowest BCUT2D eigenvalue weighted by atomic mass is 10.2. The number of nitrogens with zero attached hydrogens (tertiary/aromatic N) is 2. The second kappa shape index (κ2) is 5.94. The van der Waals surface area contributed by atoms with Gasteiger partial charge in [0, 0.05) is 25.3 Å². The van der Waals surface area contributed by atoms with Crippen LogP contribution in [0.3, 0.4) is 0 Å². The van der Waals surface area contributed by atoms with Gasteiger partial charge in [-0.05, 0) is 25.5 Å². The van der Waals surface area contributed by atoms with E-state index < -0.39 is 15.8 Å². The normalized spacial score (nSPS) is 20.1. The molecule has 19 heavy (non-hydrogen) atoms. The lowest BCUT2D eigenvalue weighted by Gasteiger charge is -2.23. The fourth-order valence-electron chi connectivity index (χ4n) is 2.24. The van der Waals surface area contributed by atoms with Crippen LogP contribution in [0.5, 0.6) is 0 Å². The van der Waals surface area contributed by atoms with Gasteiger partial charge < -0.3 is 5.32 Å². The Hall–Kier alpha value is -1.05. The first kappa shape index (κ1) is 14.4. The zero-order valence-electron chi connectivity index (χ0n) is 10.8. The molecule has 2 heterocycles. The van der Waals surface area contributed by atoms with Gasteiger partial charge in [-0.2, -0.15) is 4.31 Å². The van der Waals surface area contributed by atoms with Gasteiger partial charge in [-0.15, -0.1) is 0 Å². The van der Waals surface area contributed by atoms with Gasteiger partial charge in [-0.3, -0.25) is 4.98 Å². The molecule has 1 aliphatic heterocycles. The van der Waals surface area contributed by atoms with E-state index in [0.29, 0.717) is 13.1 Å². The first-order valence-corrected chi connectivity index (χ1v) is 7.82. The van der Waals surface area contributed by atoms with Crippen molar-refractivity contribution in [2.75, 3.05) is 19.6 Å². The van der Waals surface area contributed by atoms with Crippen molar-refractivity contribution in [1.82, 2.24) is 14.6 Å². The summed E-state index contributed by atoms with van der Waals surface area (Å²) in [5, 5.41) is 3.26. The monoisotopic (exact) mass is 287 g/mol. The molecule has 1 aliphatic rings. The van der Waals surface area contributed by atoms with E-state index in [9.17, 15) is 12.8 Å². The molecule has 0 aromatic carbocycles. The number of pyridine rings is 1. The number of hydrogen-bond acceptors (Lipinski definition) is 4. The third-order valence-corrected chi connectivity index (χ3v) is 5.16. The molecule has 0 amide bonds. The minimum absolute atomic E-state index is 0.0904. The van der Waals surface area contributed by atoms with Gasteiger partial charge in [-0.25, -0.2) is 12.8 Å². The molecule has 1 aromatic heterocycles. The van der Waals surface area contributed by atoms with Crippen LogP contribution >= 0.6 is 0 Å². The lowest BCUT2D eigenvalue weighted by molar-refractivity contribution is 0.382. The van der Waals surface area contributed by atoms with E-state index in [-0.39, 0.29) is 10.9 Å². The standard InChI is InChI=1S/C12H18FN3O2S/c1-2-16(9-11-4-3-5-15-11)19(17,18)12-6-10(13)7-14-8-12/h6-8,11,15H,2-5,9H2,1H3. The number of likely N-dealkylation sites (N-methyl/N-ethyl adjacent to an activating group) is 1. The number of halogens is 1. The molecule has 106 valence electrons. The van der Waals surface area contributed by atoms with E-state index in [1.807, 2.05) is 0 Å². The predicted molar refractivity (Wildman–Crippen MR) is 69.7 cm³/mol. The van der Waals surface area contributed by atoms with Gasteiger partial charge in [0.05, 0.1) is 6.20 Å². The Kier molecular flexibility index (Phi) is 4.49. The van der Waals surface area contributed by atoms with E-state index in [4.69, 9.17) is 0 Å². The Morgan fingerprint density at radius 3 is 2.89 bits per heavy atom. The number of sulfonamides is 1. The van der Waals surface area contributed by atoms with Crippen LogP contribution in [0.2, 0.25) is 0 Å². The third kappa shape index (κ3) is 3.29. The summed E-state index contributed by atoms with van der Waals surface area (Å²) in [5.41, 5.74) is 0. The highest BCUT2D eigenvalue weighted by molar-refractivity contribution is 7.89. The highest BCUT2D eigenvalue weighted by Crippen LogP contribution is 2.17. The molecule has 0 aliphatic carbocycles. The second-order valence-electron chi connectivity index (χ2n) is 4.59. The fourth-order valence-corrected chi connectivity index (χ4v) is 3.71. The van der Waals surface area contributed by atoms with Crippen molar-refractivity contribution in [1.29, 1.82) is 0 Å². The smallest absolute Gasteiger partial charge is 0.244 e. The van der Waals surface area contributed by atoms with E-state index in [2.05, 4.69) is 10.3 Å². The van der Waals surface area contributed by atoms with Crippen molar-refractivity contribution >= 4 is 10.0 Å². The minimum Gasteiger partial charge on any atom is -0.313 e. The molecule has 0 bridgehead atoms. The average Bonchev–Trinajstić information content (AvgIpc) is 2.88. The molecule has 1 atom stereocenters. The van der Waals surface area contributed by atoms with Gasteiger partial charge in [0.15, 0.2) is 0 Å². The number of hydrogen-bond donors (Lipinski definition) is 1. The lowest BCUT2D eigenvalue weighted by Crippen LogP contribution is -2.41. The van der Waals surface area contributed by atoms with Crippen molar-refractivity contribution in [2.24, 2.45) is 0 Å². The molecule has 1 fully saturated rings. The average molecular weight is 287 g/mol. The molecule has 0 saturated carbocycles. The summed E-state index contributed by atoms with van der Waals surface area (Å²) in [4.78, 5) is 3.51. The van der Waals surface area contributed by atoms with Crippen LogP contribution in [-0.2, 0) is 10.0 Å². The highest BCUT2D eigenvalue weighted by Gasteiger charge is 2.27. The van der Waals surface area contributed by atoms with Gasteiger partial charge >= 0.3 is 0 Å². The summed E-state index contributed by atoms with van der Waals surface area (Å²) >= 11 is 0. The zero-order chi connectivity index (χ0) is 13.9. The number of nitrogens with one attached hydrogen (secondary N) is 1.